The van der Waals surface area contributed by atoms with E-state index in [2.05, 4.69) is 10.1 Å². The zero-order chi connectivity index (χ0) is 35.6. The molecule has 4 aromatic rings. The summed E-state index contributed by atoms with van der Waals surface area (Å²) in [5, 5.41) is 15.9. The first kappa shape index (κ1) is 33.9. The van der Waals surface area contributed by atoms with E-state index in [9.17, 15) is 5.11 Å². The van der Waals surface area contributed by atoms with Crippen LogP contribution in [0, 0.1) is 18.8 Å². The van der Waals surface area contributed by atoms with Gasteiger partial charge < -0.3 is 29.3 Å². The van der Waals surface area contributed by atoms with Crippen LogP contribution in [0.15, 0.2) is 76.8 Å². The lowest BCUT2D eigenvalue weighted by Gasteiger charge is -2.53. The van der Waals surface area contributed by atoms with Crippen LogP contribution in [0.25, 0.3) is 5.76 Å². The minimum Gasteiger partial charge on any atom is -0.507 e. The molecule has 11 heteroatoms. The monoisotopic (exact) mass is 693 g/mol. The van der Waals surface area contributed by atoms with Crippen LogP contribution < -0.4 is 15.2 Å². The van der Waals surface area contributed by atoms with E-state index < -0.39 is 43.4 Å². The number of aryl methyl sites for hydroxylation is 1. The third-order valence-corrected chi connectivity index (χ3v) is 15.3. The summed E-state index contributed by atoms with van der Waals surface area (Å²) in [4.78, 5) is 35.1. The summed E-state index contributed by atoms with van der Waals surface area (Å²) in [7, 11) is -2.86. The van der Waals surface area contributed by atoms with Crippen LogP contribution in [0.1, 0.15) is 77.3 Å². The minimum atomic E-state index is -2.86. The van der Waals surface area contributed by atoms with Crippen molar-refractivity contribution in [2.75, 3.05) is 0 Å². The number of pyridine rings is 1. The maximum absolute atomic E-state index is 15.3. The molecular weight excluding hydrogens is 651 g/mol. The second kappa shape index (κ2) is 12.3. The van der Waals surface area contributed by atoms with Crippen molar-refractivity contribution >= 4 is 25.6 Å². The first-order valence-corrected chi connectivity index (χ1v) is 20.0. The number of aliphatic hydroxyl groups excluding tert-OH is 1. The number of nitrogens with zero attached hydrogens (tertiary/aromatic N) is 2. The fraction of sp³-hybridized carbons (Fsp3) is 0.385. The number of nitrogens with two attached hydrogens (primary N) is 1. The van der Waals surface area contributed by atoms with Crippen LogP contribution in [0.4, 0.5) is 0 Å². The zero-order valence-electron chi connectivity index (χ0n) is 29.3. The summed E-state index contributed by atoms with van der Waals surface area (Å²) in [5.74, 6) is -2.30. The standard InChI is InChI=1S/C39H43N3O7Si/c1-22-17-25-18-26-19-27-31(40)33-30(37(42-48-33)47-21-24-15-11-8-12-16-24)35(45)39(27,49-50(5,6)38(2,3)4)34(44)28(26)32(43)29(25)36(41-22)46-20-23-13-9-7-10-14-23/h7-17,26-27,31,43H,18-21,40H2,1-6H3/t26-,27-,31-,39?/m0/s1. The Kier molecular flexibility index (Phi) is 8.36. The van der Waals surface area contributed by atoms with Crippen LogP contribution in [-0.2, 0) is 28.9 Å². The van der Waals surface area contributed by atoms with E-state index in [-0.39, 0.29) is 52.7 Å². The van der Waals surface area contributed by atoms with E-state index >= 15 is 9.59 Å². The summed E-state index contributed by atoms with van der Waals surface area (Å²) in [6, 6.07) is 20.1. The number of benzene rings is 2. The first-order chi connectivity index (χ1) is 23.7. The molecule has 0 bridgehead atoms. The normalized spacial score (nSPS) is 23.1. The number of aliphatic hydroxyl groups is 1. The molecule has 3 N–H and O–H groups in total. The second-order valence-electron chi connectivity index (χ2n) is 15.2. The number of hydrogen-bond acceptors (Lipinski definition) is 10. The highest BCUT2D eigenvalue weighted by Gasteiger charge is 2.68. The lowest BCUT2D eigenvalue weighted by molar-refractivity contribution is -0.138. The molecule has 50 heavy (non-hydrogen) atoms. The van der Waals surface area contributed by atoms with E-state index in [4.69, 9.17) is 24.2 Å². The Balaban J connectivity index is 1.35. The predicted octanol–water partition coefficient (Wildman–Crippen LogP) is 7.22. The Morgan fingerprint density at radius 1 is 0.940 bits per heavy atom. The lowest BCUT2D eigenvalue weighted by atomic mass is 9.57. The van der Waals surface area contributed by atoms with Crippen LogP contribution in [0.5, 0.6) is 11.8 Å². The molecule has 2 aromatic heterocycles. The summed E-state index contributed by atoms with van der Waals surface area (Å²) in [6.07, 6.45) is 0.724. The topological polar surface area (TPSA) is 147 Å². The van der Waals surface area contributed by atoms with Crippen LogP contribution in [0.3, 0.4) is 0 Å². The van der Waals surface area contributed by atoms with Gasteiger partial charge in [0.25, 0.3) is 5.88 Å². The number of Topliss-reactive ketones (excluding diaryl/α,β-unsaturated/α-hetero) is 2. The highest BCUT2D eigenvalue weighted by atomic mass is 28.4. The van der Waals surface area contributed by atoms with Crippen molar-refractivity contribution in [1.82, 2.24) is 10.1 Å². The largest absolute Gasteiger partial charge is 0.507 e. The van der Waals surface area contributed by atoms with E-state index in [1.54, 1.807) is 0 Å². The van der Waals surface area contributed by atoms with Crippen molar-refractivity contribution in [3.63, 3.8) is 0 Å². The molecule has 1 unspecified atom stereocenters. The Morgan fingerprint density at radius 3 is 2.14 bits per heavy atom. The van der Waals surface area contributed by atoms with E-state index in [0.717, 1.165) is 22.4 Å². The molecule has 2 aromatic carbocycles. The third-order valence-electron chi connectivity index (χ3n) is 10.9. The number of aromatic nitrogens is 2. The average molecular weight is 694 g/mol. The van der Waals surface area contributed by atoms with Gasteiger partial charge in [-0.3, -0.25) is 9.59 Å². The molecule has 2 heterocycles. The maximum Gasteiger partial charge on any atom is 0.265 e. The molecule has 260 valence electrons. The molecule has 1 saturated carbocycles. The van der Waals surface area contributed by atoms with Crippen LogP contribution in [0.2, 0.25) is 18.1 Å². The van der Waals surface area contributed by atoms with E-state index in [1.807, 2.05) is 108 Å². The highest BCUT2D eigenvalue weighted by Crippen LogP contribution is 2.57. The molecule has 0 saturated heterocycles. The van der Waals surface area contributed by atoms with Crippen LogP contribution >= 0.6 is 0 Å². The van der Waals surface area contributed by atoms with Gasteiger partial charge in [0, 0.05) is 17.2 Å². The van der Waals surface area contributed by atoms with Crippen molar-refractivity contribution in [2.45, 2.75) is 83.5 Å². The van der Waals surface area contributed by atoms with E-state index in [0.29, 0.717) is 18.4 Å². The molecule has 3 aliphatic rings. The van der Waals surface area contributed by atoms with Crippen molar-refractivity contribution in [3.05, 3.63) is 112 Å². The van der Waals surface area contributed by atoms with Gasteiger partial charge in [-0.2, -0.15) is 0 Å². The smallest absolute Gasteiger partial charge is 0.265 e. The molecule has 0 aliphatic heterocycles. The minimum absolute atomic E-state index is 0.00987. The Bertz CT molecular complexity index is 2000. The Hall–Kier alpha value is -4.58. The van der Waals surface area contributed by atoms with Crippen molar-refractivity contribution in [2.24, 2.45) is 17.6 Å². The molecule has 4 atom stereocenters. The summed E-state index contributed by atoms with van der Waals surface area (Å²) >= 11 is 0. The average Bonchev–Trinajstić information content (AvgIpc) is 3.50. The van der Waals surface area contributed by atoms with Crippen molar-refractivity contribution in [1.29, 1.82) is 0 Å². The number of fused-ring (bicyclic) bond motifs is 4. The molecule has 0 spiro atoms. The maximum atomic E-state index is 15.3. The summed E-state index contributed by atoms with van der Waals surface area (Å²) < 4.78 is 25.0. The van der Waals surface area contributed by atoms with Crippen molar-refractivity contribution < 1.29 is 33.1 Å². The number of carbonyl (C=O) groups excluding carboxylic acids is 2. The van der Waals surface area contributed by atoms with Gasteiger partial charge in [0.2, 0.25) is 17.4 Å². The summed E-state index contributed by atoms with van der Waals surface area (Å²) in [6.45, 7) is 12.4. The number of rotatable bonds is 8. The lowest BCUT2D eigenvalue weighted by Crippen LogP contribution is -2.68. The van der Waals surface area contributed by atoms with Crippen LogP contribution in [-0.4, -0.2) is 40.7 Å². The van der Waals surface area contributed by atoms with Gasteiger partial charge in [-0.25, -0.2) is 4.98 Å². The molecule has 10 nitrogen and oxygen atoms in total. The molecule has 3 aliphatic carbocycles. The highest BCUT2D eigenvalue weighted by molar-refractivity contribution is 6.74. The molecule has 1 fully saturated rings. The third kappa shape index (κ3) is 5.48. The first-order valence-electron chi connectivity index (χ1n) is 17.1. The van der Waals surface area contributed by atoms with Gasteiger partial charge in [-0.05, 0) is 71.7 Å². The molecule has 7 rings (SSSR count). The molecule has 0 amide bonds. The quantitative estimate of drug-likeness (QED) is 0.143. The van der Waals surface area contributed by atoms with Gasteiger partial charge in [-0.1, -0.05) is 81.4 Å². The van der Waals surface area contributed by atoms with E-state index in [1.165, 1.54) is 0 Å². The Morgan fingerprint density at radius 2 is 1.54 bits per heavy atom. The van der Waals surface area contributed by atoms with Gasteiger partial charge in [0.05, 0.1) is 11.6 Å². The summed E-state index contributed by atoms with van der Waals surface area (Å²) in [5.41, 5.74) is 8.78. The number of carbonyl (C=O) groups is 2. The SMILES string of the molecule is Cc1cc2c(c(OCc3ccccc3)n1)C(O)=C1C(=O)C3(O[Si](C)(C)C(C)(C)C)C(=O)c4c(OCc5ccccc5)noc4[C@@H](N)[C@@H]3C[C@@H]1C2. The van der Waals surface area contributed by atoms with Crippen molar-refractivity contribution in [3.8, 4) is 11.8 Å². The molecule has 0 radical (unpaired) electrons. The number of ether oxygens (including phenoxy) is 2. The second-order valence-corrected chi connectivity index (χ2v) is 19.9. The molecular formula is C39H43N3O7Si. The van der Waals surface area contributed by atoms with Gasteiger partial charge in [-0.15, -0.1) is 0 Å². The van der Waals surface area contributed by atoms with Gasteiger partial charge in [0.15, 0.2) is 19.7 Å². The number of ketones is 2. The Labute approximate surface area is 292 Å². The van der Waals surface area contributed by atoms with Gasteiger partial charge in [0.1, 0.15) is 24.5 Å². The zero-order valence-corrected chi connectivity index (χ0v) is 30.3. The predicted molar refractivity (Wildman–Crippen MR) is 189 cm³/mol. The number of hydrogen-bond donors (Lipinski definition) is 2. The fourth-order valence-electron chi connectivity index (χ4n) is 7.30. The fourth-order valence-corrected chi connectivity index (χ4v) is 8.74. The van der Waals surface area contributed by atoms with Gasteiger partial charge >= 0.3 is 0 Å².